The third-order valence-corrected chi connectivity index (χ3v) is 2.22. The van der Waals surface area contributed by atoms with E-state index in [0.29, 0.717) is 5.82 Å². The van der Waals surface area contributed by atoms with Gasteiger partial charge in [0.25, 0.3) is 0 Å². The fraction of sp³-hybridized carbons (Fsp3) is 0.182. The van der Waals surface area contributed by atoms with Gasteiger partial charge in [-0.05, 0) is 29.8 Å². The fourth-order valence-corrected chi connectivity index (χ4v) is 1.41. The molecular weight excluding hydrogens is 228 g/mol. The van der Waals surface area contributed by atoms with Gasteiger partial charge in [-0.15, -0.1) is 0 Å². The van der Waals surface area contributed by atoms with E-state index in [2.05, 4.69) is 20.3 Å². The highest BCUT2D eigenvalue weighted by Crippen LogP contribution is 2.23. The number of ether oxygens (including phenoxy) is 1. The van der Waals surface area contributed by atoms with Crippen molar-refractivity contribution in [2.24, 2.45) is 0 Å². The molecule has 0 spiro atoms. The summed E-state index contributed by atoms with van der Waals surface area (Å²) in [5, 5.41) is 9.71. The normalized spacial score (nSPS) is 10.6. The summed E-state index contributed by atoms with van der Waals surface area (Å²) in [5.74, 6) is 0.852. The van der Waals surface area contributed by atoms with Crippen LogP contribution in [-0.2, 0) is 0 Å². The molecule has 17 heavy (non-hydrogen) atoms. The smallest absolute Gasteiger partial charge is 0.387 e. The molecule has 90 valence electrons. The summed E-state index contributed by atoms with van der Waals surface area (Å²) in [4.78, 5) is 0. The Balaban J connectivity index is 2.17. The fourth-order valence-electron chi connectivity index (χ4n) is 1.41. The average molecular weight is 239 g/mol. The Morgan fingerprint density at radius 3 is 2.53 bits per heavy atom. The van der Waals surface area contributed by atoms with Crippen molar-refractivity contribution in [1.82, 2.24) is 10.2 Å². The monoisotopic (exact) mass is 239 g/mol. The van der Waals surface area contributed by atoms with Gasteiger partial charge in [0.2, 0.25) is 0 Å². The van der Waals surface area contributed by atoms with E-state index in [0.717, 1.165) is 11.3 Å². The maximum Gasteiger partial charge on any atom is 0.387 e. The van der Waals surface area contributed by atoms with E-state index < -0.39 is 6.61 Å². The number of aromatic nitrogens is 2. The Bertz CT molecular complexity index is 482. The van der Waals surface area contributed by atoms with Gasteiger partial charge >= 0.3 is 6.61 Å². The number of anilines is 1. The molecule has 1 aromatic carbocycles. The quantitative estimate of drug-likeness (QED) is 0.862. The second-order valence-electron chi connectivity index (χ2n) is 3.32. The molecule has 0 amide bonds. The summed E-state index contributed by atoms with van der Waals surface area (Å²) in [5.41, 5.74) is 1.65. The van der Waals surface area contributed by atoms with Crippen LogP contribution >= 0.6 is 0 Å². The molecule has 6 heteroatoms. The molecule has 2 N–H and O–H groups in total. The lowest BCUT2D eigenvalue weighted by Crippen LogP contribution is -2.01. The van der Waals surface area contributed by atoms with Crippen LogP contribution in [0.5, 0.6) is 5.75 Å². The largest absolute Gasteiger partial charge is 0.435 e. The molecule has 0 fully saturated rings. The Hall–Kier alpha value is -2.11. The van der Waals surface area contributed by atoms with E-state index in [4.69, 9.17) is 0 Å². The highest BCUT2D eigenvalue weighted by atomic mass is 19.3. The van der Waals surface area contributed by atoms with Gasteiger partial charge in [-0.3, -0.25) is 5.10 Å². The molecule has 0 unspecified atom stereocenters. The number of alkyl halides is 2. The molecule has 0 aliphatic carbocycles. The molecule has 4 nitrogen and oxygen atoms in total. The minimum Gasteiger partial charge on any atom is -0.435 e. The van der Waals surface area contributed by atoms with Gasteiger partial charge in [0.05, 0.1) is 5.69 Å². The first kappa shape index (κ1) is 11.4. The van der Waals surface area contributed by atoms with Crippen molar-refractivity contribution >= 4 is 5.82 Å². The minimum absolute atomic E-state index is 0.136. The van der Waals surface area contributed by atoms with Crippen molar-refractivity contribution in [3.63, 3.8) is 0 Å². The first-order chi connectivity index (χ1) is 8.19. The second kappa shape index (κ2) is 4.82. The summed E-state index contributed by atoms with van der Waals surface area (Å²) < 4.78 is 28.2. The first-order valence-electron chi connectivity index (χ1n) is 4.97. The van der Waals surface area contributed by atoms with E-state index >= 15 is 0 Å². The maximum atomic E-state index is 11.9. The van der Waals surface area contributed by atoms with Gasteiger partial charge in [-0.1, -0.05) is 0 Å². The molecular formula is C11H11F2N3O. The lowest BCUT2D eigenvalue weighted by molar-refractivity contribution is -0.0498. The summed E-state index contributed by atoms with van der Waals surface area (Å²) in [6, 6.07) is 8.17. The molecule has 2 rings (SSSR count). The Kier molecular flexibility index (Phi) is 3.22. The van der Waals surface area contributed by atoms with Crippen LogP contribution in [0.4, 0.5) is 14.6 Å². The number of H-pyrrole nitrogens is 1. The zero-order valence-corrected chi connectivity index (χ0v) is 9.08. The second-order valence-corrected chi connectivity index (χ2v) is 3.32. The maximum absolute atomic E-state index is 11.9. The van der Waals surface area contributed by atoms with Gasteiger partial charge in [-0.25, -0.2) is 0 Å². The number of nitrogens with zero attached hydrogens (tertiary/aromatic N) is 1. The van der Waals surface area contributed by atoms with Crippen LogP contribution in [0.15, 0.2) is 30.3 Å². The SMILES string of the molecule is CNc1cc(-c2ccc(OC(F)F)cc2)[nH]n1. The van der Waals surface area contributed by atoms with Crippen LogP contribution in [-0.4, -0.2) is 23.9 Å². The summed E-state index contributed by atoms with van der Waals surface area (Å²) >= 11 is 0. The minimum atomic E-state index is -2.80. The van der Waals surface area contributed by atoms with E-state index in [-0.39, 0.29) is 5.75 Å². The number of rotatable bonds is 4. The molecule has 1 aromatic heterocycles. The Labute approximate surface area is 96.6 Å². The molecule has 0 radical (unpaired) electrons. The molecule has 0 saturated carbocycles. The van der Waals surface area contributed by atoms with Crippen molar-refractivity contribution in [2.75, 3.05) is 12.4 Å². The van der Waals surface area contributed by atoms with Gasteiger partial charge in [-0.2, -0.15) is 13.9 Å². The van der Waals surface area contributed by atoms with E-state index in [9.17, 15) is 8.78 Å². The van der Waals surface area contributed by atoms with Gasteiger partial charge in [0.15, 0.2) is 0 Å². The van der Waals surface area contributed by atoms with Crippen LogP contribution in [0.3, 0.4) is 0 Å². The number of hydrogen-bond acceptors (Lipinski definition) is 3. The summed E-state index contributed by atoms with van der Waals surface area (Å²) in [6.07, 6.45) is 0. The van der Waals surface area contributed by atoms with Gasteiger partial charge < -0.3 is 10.1 Å². The summed E-state index contributed by atoms with van der Waals surface area (Å²) in [6.45, 7) is -2.80. The first-order valence-corrected chi connectivity index (χ1v) is 4.97. The van der Waals surface area contributed by atoms with Crippen LogP contribution in [0, 0.1) is 0 Å². The predicted octanol–water partition coefficient (Wildman–Crippen LogP) is 2.72. The molecule has 0 atom stereocenters. The average Bonchev–Trinajstić information content (AvgIpc) is 2.78. The zero-order chi connectivity index (χ0) is 12.3. The van der Waals surface area contributed by atoms with Crippen molar-refractivity contribution in [3.8, 4) is 17.0 Å². The highest BCUT2D eigenvalue weighted by molar-refractivity contribution is 5.63. The molecule has 2 aromatic rings. The molecule has 1 heterocycles. The zero-order valence-electron chi connectivity index (χ0n) is 9.08. The number of halogens is 2. The molecule has 0 bridgehead atoms. The Morgan fingerprint density at radius 2 is 2.00 bits per heavy atom. The van der Waals surface area contributed by atoms with Gasteiger partial charge in [0.1, 0.15) is 11.6 Å². The van der Waals surface area contributed by atoms with E-state index in [1.54, 1.807) is 19.2 Å². The number of benzene rings is 1. The molecule has 0 aliphatic heterocycles. The van der Waals surface area contributed by atoms with Crippen molar-refractivity contribution < 1.29 is 13.5 Å². The lowest BCUT2D eigenvalue weighted by atomic mass is 10.1. The predicted molar refractivity (Wildman–Crippen MR) is 60.2 cm³/mol. The standard InChI is InChI=1S/C11H11F2N3O/c1-14-10-6-9(15-16-10)7-2-4-8(5-3-7)17-11(12)13/h2-6,11H,1H3,(H2,14,15,16). The number of aromatic amines is 1. The van der Waals surface area contributed by atoms with Crippen molar-refractivity contribution in [3.05, 3.63) is 30.3 Å². The van der Waals surface area contributed by atoms with Crippen molar-refractivity contribution in [2.45, 2.75) is 6.61 Å². The molecule has 0 saturated heterocycles. The van der Waals surface area contributed by atoms with Crippen molar-refractivity contribution in [1.29, 1.82) is 0 Å². The van der Waals surface area contributed by atoms with Gasteiger partial charge in [0, 0.05) is 13.1 Å². The number of hydrogen-bond donors (Lipinski definition) is 2. The highest BCUT2D eigenvalue weighted by Gasteiger charge is 2.05. The van der Waals surface area contributed by atoms with E-state index in [1.807, 2.05) is 6.07 Å². The number of nitrogens with one attached hydrogen (secondary N) is 2. The van der Waals surface area contributed by atoms with Crippen LogP contribution in [0.1, 0.15) is 0 Å². The van der Waals surface area contributed by atoms with E-state index in [1.165, 1.54) is 12.1 Å². The Morgan fingerprint density at radius 1 is 1.29 bits per heavy atom. The molecule has 0 aliphatic rings. The van der Waals surface area contributed by atoms with Crippen LogP contribution in [0.2, 0.25) is 0 Å². The van der Waals surface area contributed by atoms with Crippen LogP contribution < -0.4 is 10.1 Å². The third kappa shape index (κ3) is 2.72. The topological polar surface area (TPSA) is 49.9 Å². The third-order valence-electron chi connectivity index (χ3n) is 2.22. The lowest BCUT2D eigenvalue weighted by Gasteiger charge is -2.04. The van der Waals surface area contributed by atoms with Crippen LogP contribution in [0.25, 0.3) is 11.3 Å². The summed E-state index contributed by atoms with van der Waals surface area (Å²) in [7, 11) is 1.76.